The molecule has 11 heteroatoms. The SMILES string of the molecule is COc1ccc(Cl)cc1NS(=O)(=O)c1cc(-c2[nH]ncc2C(=O)N(C)C)oc1C. The van der Waals surface area contributed by atoms with Crippen LogP contribution in [0.4, 0.5) is 5.69 Å². The number of aromatic amines is 1. The molecule has 0 aliphatic carbocycles. The van der Waals surface area contributed by atoms with Crippen molar-refractivity contribution in [3.63, 3.8) is 0 Å². The molecule has 2 N–H and O–H groups in total. The van der Waals surface area contributed by atoms with Crippen LogP contribution in [0.25, 0.3) is 11.5 Å². The highest BCUT2D eigenvalue weighted by molar-refractivity contribution is 7.92. The molecule has 0 saturated carbocycles. The largest absolute Gasteiger partial charge is 0.495 e. The van der Waals surface area contributed by atoms with Crippen molar-refractivity contribution in [2.45, 2.75) is 11.8 Å². The van der Waals surface area contributed by atoms with Crippen molar-refractivity contribution in [2.24, 2.45) is 0 Å². The molecule has 2 heterocycles. The summed E-state index contributed by atoms with van der Waals surface area (Å²) < 4.78 is 39.1. The van der Waals surface area contributed by atoms with Gasteiger partial charge in [-0.15, -0.1) is 0 Å². The summed E-state index contributed by atoms with van der Waals surface area (Å²) in [4.78, 5) is 13.6. The lowest BCUT2D eigenvalue weighted by molar-refractivity contribution is 0.0828. The Kier molecular flexibility index (Phi) is 5.58. The van der Waals surface area contributed by atoms with Gasteiger partial charge in [-0.25, -0.2) is 8.42 Å². The highest BCUT2D eigenvalue weighted by Crippen LogP contribution is 2.33. The van der Waals surface area contributed by atoms with Crippen molar-refractivity contribution in [3.8, 4) is 17.2 Å². The first kappa shape index (κ1) is 20.7. The first-order chi connectivity index (χ1) is 13.6. The van der Waals surface area contributed by atoms with Gasteiger partial charge in [-0.2, -0.15) is 5.10 Å². The number of methoxy groups -OCH3 is 1. The molecular formula is C18H19ClN4O5S. The van der Waals surface area contributed by atoms with Gasteiger partial charge < -0.3 is 14.1 Å². The van der Waals surface area contributed by atoms with Gasteiger partial charge in [-0.1, -0.05) is 11.6 Å². The molecule has 0 bridgehead atoms. The third kappa shape index (κ3) is 4.08. The van der Waals surface area contributed by atoms with Crippen LogP contribution in [0.1, 0.15) is 16.1 Å². The third-order valence-corrected chi connectivity index (χ3v) is 5.80. The van der Waals surface area contributed by atoms with Crippen molar-refractivity contribution in [3.05, 3.63) is 46.8 Å². The molecule has 1 amide bonds. The van der Waals surface area contributed by atoms with Gasteiger partial charge in [-0.3, -0.25) is 14.6 Å². The normalized spacial score (nSPS) is 11.3. The molecule has 0 atom stereocenters. The lowest BCUT2D eigenvalue weighted by Gasteiger charge is -2.11. The Bertz CT molecular complexity index is 1170. The van der Waals surface area contributed by atoms with Crippen molar-refractivity contribution in [1.82, 2.24) is 15.1 Å². The number of nitrogens with one attached hydrogen (secondary N) is 2. The van der Waals surface area contributed by atoms with E-state index >= 15 is 0 Å². The van der Waals surface area contributed by atoms with Gasteiger partial charge >= 0.3 is 0 Å². The molecule has 0 spiro atoms. The number of hydrogen-bond donors (Lipinski definition) is 2. The van der Waals surface area contributed by atoms with Crippen LogP contribution in [-0.4, -0.2) is 50.6 Å². The molecule has 2 aromatic heterocycles. The van der Waals surface area contributed by atoms with Gasteiger partial charge in [0.25, 0.3) is 15.9 Å². The molecule has 9 nitrogen and oxygen atoms in total. The van der Waals surface area contributed by atoms with Crippen LogP contribution in [-0.2, 0) is 10.0 Å². The van der Waals surface area contributed by atoms with E-state index in [2.05, 4.69) is 14.9 Å². The minimum Gasteiger partial charge on any atom is -0.495 e. The molecule has 154 valence electrons. The highest BCUT2D eigenvalue weighted by atomic mass is 35.5. The first-order valence-corrected chi connectivity index (χ1v) is 10.2. The number of rotatable bonds is 6. The van der Waals surface area contributed by atoms with Crippen molar-refractivity contribution >= 4 is 33.2 Å². The fourth-order valence-corrected chi connectivity index (χ4v) is 4.11. The molecular weight excluding hydrogens is 420 g/mol. The number of nitrogens with zero attached hydrogens (tertiary/aromatic N) is 2. The molecule has 0 aliphatic rings. The Morgan fingerprint density at radius 1 is 1.31 bits per heavy atom. The Morgan fingerprint density at radius 3 is 2.69 bits per heavy atom. The zero-order chi connectivity index (χ0) is 21.3. The maximum absolute atomic E-state index is 12.9. The van der Waals surface area contributed by atoms with E-state index in [0.29, 0.717) is 10.8 Å². The van der Waals surface area contributed by atoms with Crippen LogP contribution < -0.4 is 9.46 Å². The number of amides is 1. The number of anilines is 1. The van der Waals surface area contributed by atoms with Crippen LogP contribution in [0.3, 0.4) is 0 Å². The van der Waals surface area contributed by atoms with Gasteiger partial charge in [0.2, 0.25) is 0 Å². The molecule has 1 aromatic carbocycles. The molecule has 0 radical (unpaired) electrons. The summed E-state index contributed by atoms with van der Waals surface area (Å²) in [6.45, 7) is 1.51. The Balaban J connectivity index is 2.00. The quantitative estimate of drug-likeness (QED) is 0.610. The number of carbonyl (C=O) groups excluding carboxylic acids is 1. The predicted octanol–water partition coefficient (Wildman–Crippen LogP) is 3.14. The number of hydrogen-bond acceptors (Lipinski definition) is 6. The van der Waals surface area contributed by atoms with Crippen molar-refractivity contribution in [1.29, 1.82) is 0 Å². The number of sulfonamides is 1. The molecule has 0 aliphatic heterocycles. The van der Waals surface area contributed by atoms with E-state index in [4.69, 9.17) is 20.8 Å². The van der Waals surface area contributed by atoms with Gasteiger partial charge in [0.15, 0.2) is 5.76 Å². The van der Waals surface area contributed by atoms with Crippen LogP contribution in [0.5, 0.6) is 5.75 Å². The van der Waals surface area contributed by atoms with Crippen LogP contribution in [0, 0.1) is 6.92 Å². The minimum absolute atomic E-state index is 0.0904. The van der Waals surface area contributed by atoms with Gasteiger partial charge in [0.1, 0.15) is 22.1 Å². The second kappa shape index (κ2) is 7.80. The van der Waals surface area contributed by atoms with Gasteiger partial charge in [0, 0.05) is 25.2 Å². The average molecular weight is 439 g/mol. The summed E-state index contributed by atoms with van der Waals surface area (Å²) in [6, 6.07) is 5.91. The first-order valence-electron chi connectivity index (χ1n) is 8.36. The minimum atomic E-state index is -4.03. The zero-order valence-electron chi connectivity index (χ0n) is 16.1. The number of aryl methyl sites for hydroxylation is 1. The fraction of sp³-hybridized carbons (Fsp3) is 0.222. The smallest absolute Gasteiger partial charge is 0.265 e. The van der Waals surface area contributed by atoms with E-state index in [1.54, 1.807) is 26.2 Å². The second-order valence-electron chi connectivity index (χ2n) is 6.34. The summed E-state index contributed by atoms with van der Waals surface area (Å²) in [5, 5.41) is 6.90. The van der Waals surface area contributed by atoms with E-state index in [0.717, 1.165) is 0 Å². The molecule has 0 fully saturated rings. The van der Waals surface area contributed by atoms with Crippen LogP contribution in [0.15, 0.2) is 39.8 Å². The summed E-state index contributed by atoms with van der Waals surface area (Å²) in [7, 11) is 0.599. The Hall–Kier alpha value is -2.98. The lowest BCUT2D eigenvalue weighted by Crippen LogP contribution is -2.21. The standard InChI is InChI=1S/C18H19ClN4O5S/c1-10-16(29(25,26)22-13-7-11(19)5-6-14(13)27-4)8-15(28-10)17-12(9-20-21-17)18(24)23(2)3/h5-9,22H,1-4H3,(H,20,21). The molecule has 3 rings (SSSR count). The summed E-state index contributed by atoms with van der Waals surface area (Å²) in [5.74, 6) is 0.329. The fourth-order valence-electron chi connectivity index (χ4n) is 2.69. The van der Waals surface area contributed by atoms with Gasteiger partial charge in [-0.05, 0) is 25.1 Å². The topological polar surface area (TPSA) is 118 Å². The van der Waals surface area contributed by atoms with E-state index in [-0.39, 0.29) is 39.3 Å². The predicted molar refractivity (Wildman–Crippen MR) is 108 cm³/mol. The number of ether oxygens (including phenoxy) is 1. The van der Waals surface area contributed by atoms with E-state index in [1.165, 1.54) is 37.3 Å². The maximum Gasteiger partial charge on any atom is 0.265 e. The Labute approximate surface area is 172 Å². The van der Waals surface area contributed by atoms with Crippen LogP contribution >= 0.6 is 11.6 Å². The monoisotopic (exact) mass is 438 g/mol. The average Bonchev–Trinajstić information content (AvgIpc) is 3.27. The number of halogens is 1. The van der Waals surface area contributed by atoms with Crippen molar-refractivity contribution < 1.29 is 22.4 Å². The van der Waals surface area contributed by atoms with E-state index in [1.807, 2.05) is 0 Å². The molecule has 3 aromatic rings. The van der Waals surface area contributed by atoms with E-state index in [9.17, 15) is 13.2 Å². The maximum atomic E-state index is 12.9. The number of carbonyl (C=O) groups is 1. The Morgan fingerprint density at radius 2 is 2.03 bits per heavy atom. The van der Waals surface area contributed by atoms with E-state index < -0.39 is 10.0 Å². The summed E-state index contributed by atoms with van der Waals surface area (Å²) in [5.41, 5.74) is 0.734. The number of H-pyrrole nitrogens is 1. The number of benzene rings is 1. The number of furan rings is 1. The van der Waals surface area contributed by atoms with Crippen molar-refractivity contribution in [2.75, 3.05) is 25.9 Å². The molecule has 0 saturated heterocycles. The molecule has 0 unspecified atom stereocenters. The molecule has 29 heavy (non-hydrogen) atoms. The third-order valence-electron chi connectivity index (χ3n) is 4.09. The highest BCUT2D eigenvalue weighted by Gasteiger charge is 2.26. The van der Waals surface area contributed by atoms with Crippen LogP contribution in [0.2, 0.25) is 5.02 Å². The second-order valence-corrected chi connectivity index (χ2v) is 8.43. The zero-order valence-corrected chi connectivity index (χ0v) is 17.7. The lowest BCUT2D eigenvalue weighted by atomic mass is 10.2. The summed E-state index contributed by atoms with van der Waals surface area (Å²) in [6.07, 6.45) is 1.36. The van der Waals surface area contributed by atoms with Gasteiger partial charge in [0.05, 0.1) is 24.6 Å². The number of aromatic nitrogens is 2. The summed E-state index contributed by atoms with van der Waals surface area (Å²) >= 11 is 5.97.